The summed E-state index contributed by atoms with van der Waals surface area (Å²) in [5.74, 6) is -1.17. The van der Waals surface area contributed by atoms with E-state index in [4.69, 9.17) is 19.3 Å². The van der Waals surface area contributed by atoms with Crippen LogP contribution in [0.5, 0.6) is 5.75 Å². The van der Waals surface area contributed by atoms with Crippen molar-refractivity contribution in [2.24, 2.45) is 0 Å². The van der Waals surface area contributed by atoms with Gasteiger partial charge in [0.1, 0.15) is 11.3 Å². The lowest BCUT2D eigenvalue weighted by Crippen LogP contribution is -2.09. The van der Waals surface area contributed by atoms with Crippen molar-refractivity contribution in [3.8, 4) is 5.75 Å². The Bertz CT molecular complexity index is 489. The first-order chi connectivity index (χ1) is 10.1. The van der Waals surface area contributed by atoms with E-state index in [2.05, 4.69) is 0 Å². The molecular formula is C13H17NO7. The van der Waals surface area contributed by atoms with E-state index >= 15 is 0 Å². The smallest absolute Gasteiger partial charge is 0.339 e. The van der Waals surface area contributed by atoms with E-state index in [-0.39, 0.29) is 23.6 Å². The van der Waals surface area contributed by atoms with Crippen LogP contribution in [-0.4, -0.2) is 49.5 Å². The van der Waals surface area contributed by atoms with E-state index in [1.165, 1.54) is 12.1 Å². The van der Waals surface area contributed by atoms with Gasteiger partial charge in [0.15, 0.2) is 0 Å². The Kier molecular flexibility index (Phi) is 7.13. The van der Waals surface area contributed by atoms with Crippen LogP contribution in [-0.2, 0) is 9.47 Å². The molecule has 0 unspecified atom stereocenters. The van der Waals surface area contributed by atoms with Gasteiger partial charge in [0.05, 0.1) is 24.7 Å². The van der Waals surface area contributed by atoms with Crippen LogP contribution in [0.4, 0.5) is 5.69 Å². The Morgan fingerprint density at radius 3 is 2.67 bits per heavy atom. The van der Waals surface area contributed by atoms with Gasteiger partial charge in [-0.3, -0.25) is 10.1 Å². The van der Waals surface area contributed by atoms with Crippen LogP contribution in [0, 0.1) is 10.1 Å². The minimum atomic E-state index is -1.27. The number of methoxy groups -OCH3 is 1. The lowest BCUT2D eigenvalue weighted by Gasteiger charge is -2.09. The van der Waals surface area contributed by atoms with Gasteiger partial charge in [0.2, 0.25) is 0 Å². The molecule has 0 atom stereocenters. The molecule has 0 aromatic heterocycles. The summed E-state index contributed by atoms with van der Waals surface area (Å²) in [7, 11) is 1.58. The highest BCUT2D eigenvalue weighted by molar-refractivity contribution is 5.91. The highest BCUT2D eigenvalue weighted by Gasteiger charge is 2.16. The molecule has 1 N–H and O–H groups in total. The average Bonchev–Trinajstić information content (AvgIpc) is 2.46. The highest BCUT2D eigenvalue weighted by atomic mass is 16.6. The SMILES string of the molecule is COCCOCCCOc1ccc([N+](=O)[O-])cc1C(=O)O. The average molecular weight is 299 g/mol. The highest BCUT2D eigenvalue weighted by Crippen LogP contribution is 2.24. The summed E-state index contributed by atoms with van der Waals surface area (Å²) in [6.45, 7) is 1.70. The standard InChI is InChI=1S/C13H17NO7/c1-19-7-8-20-5-2-6-21-12-4-3-10(14(17)18)9-11(12)13(15)16/h3-4,9H,2,5-8H2,1H3,(H,15,16). The second-order valence-corrected chi connectivity index (χ2v) is 4.05. The minimum absolute atomic E-state index is 0.102. The Morgan fingerprint density at radius 1 is 1.29 bits per heavy atom. The molecule has 0 aliphatic carbocycles. The van der Waals surface area contributed by atoms with Crippen molar-refractivity contribution in [3.63, 3.8) is 0 Å². The third-order valence-electron chi connectivity index (χ3n) is 2.53. The fourth-order valence-corrected chi connectivity index (χ4v) is 1.51. The number of carboxylic acids is 1. The minimum Gasteiger partial charge on any atom is -0.493 e. The molecule has 0 amide bonds. The van der Waals surface area contributed by atoms with Gasteiger partial charge in [0.25, 0.3) is 5.69 Å². The van der Waals surface area contributed by atoms with Crippen molar-refractivity contribution in [2.75, 3.05) is 33.5 Å². The molecule has 0 aliphatic heterocycles. The molecule has 0 spiro atoms. The van der Waals surface area contributed by atoms with Crippen LogP contribution >= 0.6 is 0 Å². The van der Waals surface area contributed by atoms with E-state index in [9.17, 15) is 14.9 Å². The topological polar surface area (TPSA) is 108 Å². The van der Waals surface area contributed by atoms with E-state index in [1.54, 1.807) is 7.11 Å². The molecule has 1 rings (SSSR count). The molecule has 1 aromatic carbocycles. The number of nitro groups is 1. The second kappa shape index (κ2) is 8.88. The van der Waals surface area contributed by atoms with Gasteiger partial charge in [-0.05, 0) is 6.07 Å². The first-order valence-corrected chi connectivity index (χ1v) is 6.27. The first-order valence-electron chi connectivity index (χ1n) is 6.27. The fourth-order valence-electron chi connectivity index (χ4n) is 1.51. The number of aromatic carboxylic acids is 1. The molecule has 0 saturated heterocycles. The number of rotatable bonds is 10. The van der Waals surface area contributed by atoms with E-state index < -0.39 is 10.9 Å². The molecule has 116 valence electrons. The largest absolute Gasteiger partial charge is 0.493 e. The summed E-state index contributed by atoms with van der Waals surface area (Å²) >= 11 is 0. The number of hydrogen-bond acceptors (Lipinski definition) is 6. The molecule has 8 heteroatoms. The number of nitro benzene ring substituents is 1. The zero-order valence-corrected chi connectivity index (χ0v) is 11.6. The number of non-ortho nitro benzene ring substituents is 1. The number of carbonyl (C=O) groups is 1. The van der Waals surface area contributed by atoms with Gasteiger partial charge in [0, 0.05) is 32.3 Å². The van der Waals surface area contributed by atoms with Crippen molar-refractivity contribution in [1.82, 2.24) is 0 Å². The Hall–Kier alpha value is -2.19. The summed E-state index contributed by atoms with van der Waals surface area (Å²) in [6, 6.07) is 3.47. The monoisotopic (exact) mass is 299 g/mol. The molecule has 1 aromatic rings. The summed E-state index contributed by atoms with van der Waals surface area (Å²) in [6.07, 6.45) is 0.569. The fraction of sp³-hybridized carbons (Fsp3) is 0.462. The maximum Gasteiger partial charge on any atom is 0.339 e. The molecule has 0 radical (unpaired) electrons. The molecular weight excluding hydrogens is 282 g/mol. The van der Waals surface area contributed by atoms with Crippen molar-refractivity contribution < 1.29 is 29.0 Å². The summed E-state index contributed by atoms with van der Waals surface area (Å²) in [4.78, 5) is 21.0. The number of hydrogen-bond donors (Lipinski definition) is 1. The number of carboxylic acid groups (broad SMARTS) is 1. The van der Waals surface area contributed by atoms with Gasteiger partial charge in [-0.1, -0.05) is 0 Å². The van der Waals surface area contributed by atoms with Crippen molar-refractivity contribution in [2.45, 2.75) is 6.42 Å². The van der Waals surface area contributed by atoms with Crippen molar-refractivity contribution >= 4 is 11.7 Å². The van der Waals surface area contributed by atoms with E-state index in [1.807, 2.05) is 0 Å². The molecule has 0 saturated carbocycles. The number of benzene rings is 1. The maximum atomic E-state index is 11.1. The van der Waals surface area contributed by atoms with Crippen LogP contribution in [0.15, 0.2) is 18.2 Å². The van der Waals surface area contributed by atoms with E-state index in [0.717, 1.165) is 6.07 Å². The van der Waals surface area contributed by atoms with Crippen LogP contribution in [0.25, 0.3) is 0 Å². The van der Waals surface area contributed by atoms with Gasteiger partial charge in [-0.15, -0.1) is 0 Å². The molecule has 0 bridgehead atoms. The first kappa shape index (κ1) is 16.9. The summed E-state index contributed by atoms with van der Waals surface area (Å²) < 4.78 is 15.4. The van der Waals surface area contributed by atoms with Crippen LogP contribution in [0.1, 0.15) is 16.8 Å². The van der Waals surface area contributed by atoms with Crippen LogP contribution in [0.3, 0.4) is 0 Å². The van der Waals surface area contributed by atoms with Gasteiger partial charge >= 0.3 is 5.97 Å². The zero-order valence-electron chi connectivity index (χ0n) is 11.6. The molecule has 8 nitrogen and oxygen atoms in total. The van der Waals surface area contributed by atoms with Gasteiger partial charge in [-0.25, -0.2) is 4.79 Å². The molecule has 0 heterocycles. The Morgan fingerprint density at radius 2 is 2.05 bits per heavy atom. The Labute approximate surface area is 121 Å². The zero-order chi connectivity index (χ0) is 15.7. The third-order valence-corrected chi connectivity index (χ3v) is 2.53. The summed E-state index contributed by atoms with van der Waals surface area (Å²) in [5, 5.41) is 19.6. The predicted molar refractivity (Wildman–Crippen MR) is 72.9 cm³/mol. The lowest BCUT2D eigenvalue weighted by molar-refractivity contribution is -0.384. The Balaban J connectivity index is 2.51. The molecule has 21 heavy (non-hydrogen) atoms. The number of ether oxygens (including phenoxy) is 3. The lowest BCUT2D eigenvalue weighted by atomic mass is 10.2. The van der Waals surface area contributed by atoms with Gasteiger partial charge < -0.3 is 19.3 Å². The maximum absolute atomic E-state index is 11.1. The normalized spacial score (nSPS) is 10.3. The predicted octanol–water partition coefficient (Wildman–Crippen LogP) is 1.72. The number of nitrogens with zero attached hydrogens (tertiary/aromatic N) is 1. The van der Waals surface area contributed by atoms with Crippen LogP contribution < -0.4 is 4.74 Å². The third kappa shape index (κ3) is 5.76. The quantitative estimate of drug-likeness (QED) is 0.398. The molecule has 0 aliphatic rings. The summed E-state index contributed by atoms with van der Waals surface area (Å²) in [5.41, 5.74) is -0.521. The van der Waals surface area contributed by atoms with Crippen LogP contribution in [0.2, 0.25) is 0 Å². The van der Waals surface area contributed by atoms with Gasteiger partial charge in [-0.2, -0.15) is 0 Å². The van der Waals surface area contributed by atoms with Crippen molar-refractivity contribution in [3.05, 3.63) is 33.9 Å². The second-order valence-electron chi connectivity index (χ2n) is 4.05. The van der Waals surface area contributed by atoms with E-state index in [0.29, 0.717) is 26.2 Å². The van der Waals surface area contributed by atoms with Crippen molar-refractivity contribution in [1.29, 1.82) is 0 Å². The molecule has 0 fully saturated rings.